The Kier molecular flexibility index (Phi) is 4.17. The van der Waals surface area contributed by atoms with Crippen molar-refractivity contribution in [2.45, 2.75) is 26.7 Å². The van der Waals surface area contributed by atoms with Crippen LogP contribution in [0.3, 0.4) is 0 Å². The number of nitrogens with one attached hydrogen (secondary N) is 1. The third-order valence-electron chi connectivity index (χ3n) is 3.98. The molecule has 0 spiro atoms. The lowest BCUT2D eigenvalue weighted by Gasteiger charge is -2.31. The molecule has 1 N–H and O–H groups in total. The molecule has 0 amide bonds. The Balaban J connectivity index is 2.16. The minimum Gasteiger partial charge on any atom is -0.316 e. The van der Waals surface area contributed by atoms with Gasteiger partial charge in [-0.1, -0.05) is 13.8 Å². The topological polar surface area (TPSA) is 42.0 Å². The zero-order chi connectivity index (χ0) is 13.2. The molecule has 0 aliphatic carbocycles. The maximum atomic E-state index is 12.6. The normalized spacial score (nSPS) is 23.6. The van der Waals surface area contributed by atoms with Gasteiger partial charge in [0.1, 0.15) is 5.78 Å². The summed E-state index contributed by atoms with van der Waals surface area (Å²) in [6.45, 7) is 6.04. The monoisotopic (exact) mass is 310 g/mol. The van der Waals surface area contributed by atoms with Gasteiger partial charge in [-0.2, -0.15) is 0 Å². The molecule has 0 bridgehead atoms. The standard InChI is InChI=1S/C14H19BrN2O/c1-10(2)14(3-4-16-9-14)13(18)6-11-5-12(15)8-17-7-11/h5,7-8,10,16H,3-4,6,9H2,1-2H3. The van der Waals surface area contributed by atoms with Gasteiger partial charge in [0.05, 0.1) is 0 Å². The molecule has 4 heteroatoms. The van der Waals surface area contributed by atoms with Crippen molar-refractivity contribution in [3.63, 3.8) is 0 Å². The van der Waals surface area contributed by atoms with Crippen molar-refractivity contribution >= 4 is 21.7 Å². The molecule has 1 saturated heterocycles. The molecule has 1 fully saturated rings. The fourth-order valence-corrected chi connectivity index (χ4v) is 3.09. The van der Waals surface area contributed by atoms with Crippen LogP contribution >= 0.6 is 15.9 Å². The smallest absolute Gasteiger partial charge is 0.145 e. The maximum Gasteiger partial charge on any atom is 0.145 e. The van der Waals surface area contributed by atoms with Crippen LogP contribution in [0.4, 0.5) is 0 Å². The Hall–Kier alpha value is -0.740. The van der Waals surface area contributed by atoms with E-state index in [4.69, 9.17) is 0 Å². The number of nitrogens with zero attached hydrogens (tertiary/aromatic N) is 1. The van der Waals surface area contributed by atoms with E-state index < -0.39 is 0 Å². The second-order valence-corrected chi connectivity index (χ2v) is 6.26. The number of carbonyl (C=O) groups is 1. The van der Waals surface area contributed by atoms with Gasteiger partial charge in [-0.05, 0) is 46.4 Å². The van der Waals surface area contributed by atoms with E-state index in [1.54, 1.807) is 12.4 Å². The fraction of sp³-hybridized carbons (Fsp3) is 0.571. The molecular formula is C14H19BrN2O. The molecule has 1 unspecified atom stereocenters. The van der Waals surface area contributed by atoms with Crippen LogP contribution in [0, 0.1) is 11.3 Å². The van der Waals surface area contributed by atoms with E-state index in [-0.39, 0.29) is 5.41 Å². The summed E-state index contributed by atoms with van der Waals surface area (Å²) in [4.78, 5) is 16.7. The molecule has 1 atom stereocenters. The van der Waals surface area contributed by atoms with E-state index in [2.05, 4.69) is 40.1 Å². The molecule has 0 radical (unpaired) electrons. The van der Waals surface area contributed by atoms with Crippen LogP contribution in [0.2, 0.25) is 0 Å². The summed E-state index contributed by atoms with van der Waals surface area (Å²) < 4.78 is 0.927. The first-order valence-corrected chi connectivity index (χ1v) is 7.17. The van der Waals surface area contributed by atoms with Crippen molar-refractivity contribution in [1.29, 1.82) is 0 Å². The van der Waals surface area contributed by atoms with Crippen molar-refractivity contribution < 1.29 is 4.79 Å². The number of hydrogen-bond donors (Lipinski definition) is 1. The second-order valence-electron chi connectivity index (χ2n) is 5.35. The second kappa shape index (κ2) is 5.49. The predicted molar refractivity (Wildman–Crippen MR) is 75.4 cm³/mol. The average molecular weight is 311 g/mol. The lowest BCUT2D eigenvalue weighted by Crippen LogP contribution is -2.39. The Morgan fingerprint density at radius 2 is 2.33 bits per heavy atom. The zero-order valence-electron chi connectivity index (χ0n) is 10.9. The molecule has 1 aliphatic heterocycles. The number of Topliss-reactive ketones (excluding diaryl/α,β-unsaturated/α-hetero) is 1. The van der Waals surface area contributed by atoms with E-state index >= 15 is 0 Å². The van der Waals surface area contributed by atoms with Gasteiger partial charge in [0.2, 0.25) is 0 Å². The van der Waals surface area contributed by atoms with Gasteiger partial charge in [-0.25, -0.2) is 0 Å². The van der Waals surface area contributed by atoms with E-state index in [1.807, 2.05) is 6.07 Å². The molecule has 3 nitrogen and oxygen atoms in total. The van der Waals surface area contributed by atoms with Crippen LogP contribution in [-0.4, -0.2) is 23.9 Å². The molecule has 0 aromatic carbocycles. The number of ketones is 1. The van der Waals surface area contributed by atoms with E-state index in [0.717, 1.165) is 29.5 Å². The number of halogens is 1. The molecule has 1 aromatic heterocycles. The molecular weight excluding hydrogens is 292 g/mol. The van der Waals surface area contributed by atoms with Gasteiger partial charge in [-0.3, -0.25) is 9.78 Å². The fourth-order valence-electron chi connectivity index (χ4n) is 2.68. The van der Waals surface area contributed by atoms with Crippen LogP contribution in [-0.2, 0) is 11.2 Å². The summed E-state index contributed by atoms with van der Waals surface area (Å²) in [7, 11) is 0. The van der Waals surface area contributed by atoms with Crippen LogP contribution in [0.25, 0.3) is 0 Å². The van der Waals surface area contributed by atoms with Crippen molar-refractivity contribution in [1.82, 2.24) is 10.3 Å². The molecule has 98 valence electrons. The van der Waals surface area contributed by atoms with Crippen molar-refractivity contribution in [3.8, 4) is 0 Å². The van der Waals surface area contributed by atoms with Gasteiger partial charge in [0.25, 0.3) is 0 Å². The highest BCUT2D eigenvalue weighted by Gasteiger charge is 2.43. The number of rotatable bonds is 4. The molecule has 2 rings (SSSR count). The number of hydrogen-bond acceptors (Lipinski definition) is 3. The van der Waals surface area contributed by atoms with Gasteiger partial charge in [-0.15, -0.1) is 0 Å². The Morgan fingerprint density at radius 3 is 2.89 bits per heavy atom. The lowest BCUT2D eigenvalue weighted by atomic mass is 9.71. The van der Waals surface area contributed by atoms with Gasteiger partial charge >= 0.3 is 0 Å². The summed E-state index contributed by atoms with van der Waals surface area (Å²) >= 11 is 3.39. The minimum absolute atomic E-state index is 0.192. The van der Waals surface area contributed by atoms with Crippen molar-refractivity contribution in [2.75, 3.05) is 13.1 Å². The van der Waals surface area contributed by atoms with Crippen molar-refractivity contribution in [3.05, 3.63) is 28.5 Å². The first-order valence-electron chi connectivity index (χ1n) is 6.38. The molecule has 0 saturated carbocycles. The van der Waals surface area contributed by atoms with Crippen LogP contribution in [0.5, 0.6) is 0 Å². The van der Waals surface area contributed by atoms with E-state index in [1.165, 1.54) is 0 Å². The molecule has 1 aliphatic rings. The summed E-state index contributed by atoms with van der Waals surface area (Å²) in [5.74, 6) is 0.711. The quantitative estimate of drug-likeness (QED) is 0.929. The third-order valence-corrected chi connectivity index (χ3v) is 4.41. The number of carbonyl (C=O) groups excluding carboxylic acids is 1. The van der Waals surface area contributed by atoms with Crippen LogP contribution < -0.4 is 5.32 Å². The van der Waals surface area contributed by atoms with E-state index in [0.29, 0.717) is 18.1 Å². The highest BCUT2D eigenvalue weighted by atomic mass is 79.9. The highest BCUT2D eigenvalue weighted by molar-refractivity contribution is 9.10. The molecule has 18 heavy (non-hydrogen) atoms. The Bertz CT molecular complexity index is 439. The molecule has 1 aromatic rings. The molecule has 2 heterocycles. The lowest BCUT2D eigenvalue weighted by molar-refractivity contribution is -0.129. The third kappa shape index (κ3) is 2.64. The zero-order valence-corrected chi connectivity index (χ0v) is 12.5. The average Bonchev–Trinajstić information content (AvgIpc) is 2.79. The van der Waals surface area contributed by atoms with Crippen molar-refractivity contribution in [2.24, 2.45) is 11.3 Å². The Labute approximate surface area is 117 Å². The number of aromatic nitrogens is 1. The highest BCUT2D eigenvalue weighted by Crippen LogP contribution is 2.36. The Morgan fingerprint density at radius 1 is 1.56 bits per heavy atom. The number of pyridine rings is 1. The van der Waals surface area contributed by atoms with Gasteiger partial charge in [0.15, 0.2) is 0 Å². The first kappa shape index (κ1) is 13.7. The summed E-state index contributed by atoms with van der Waals surface area (Å²) in [5, 5.41) is 3.33. The largest absolute Gasteiger partial charge is 0.316 e. The van der Waals surface area contributed by atoms with Gasteiger partial charge in [0, 0.05) is 35.2 Å². The predicted octanol–water partition coefficient (Wildman–Crippen LogP) is 2.59. The summed E-state index contributed by atoms with van der Waals surface area (Å²) in [6.07, 6.45) is 4.94. The maximum absolute atomic E-state index is 12.6. The first-order chi connectivity index (χ1) is 8.54. The summed E-state index contributed by atoms with van der Waals surface area (Å²) in [5.41, 5.74) is 0.795. The van der Waals surface area contributed by atoms with Crippen LogP contribution in [0.1, 0.15) is 25.8 Å². The van der Waals surface area contributed by atoms with Gasteiger partial charge < -0.3 is 5.32 Å². The summed E-state index contributed by atoms with van der Waals surface area (Å²) in [6, 6.07) is 1.97. The van der Waals surface area contributed by atoms with Crippen LogP contribution in [0.15, 0.2) is 22.9 Å². The minimum atomic E-state index is -0.192. The van der Waals surface area contributed by atoms with E-state index in [9.17, 15) is 4.79 Å². The SMILES string of the molecule is CC(C)C1(C(=O)Cc2cncc(Br)c2)CCNC1.